The highest BCUT2D eigenvalue weighted by Crippen LogP contribution is 2.33. The minimum absolute atomic E-state index is 0.00371. The van der Waals surface area contributed by atoms with Gasteiger partial charge in [0.05, 0.1) is 18.4 Å². The lowest BCUT2D eigenvalue weighted by atomic mass is 9.94. The Morgan fingerprint density at radius 2 is 1.80 bits per heavy atom. The second kappa shape index (κ2) is 10.2. The molecular formula is C20H29NO9. The van der Waals surface area contributed by atoms with Crippen molar-refractivity contribution < 1.29 is 44.2 Å². The lowest BCUT2D eigenvalue weighted by Gasteiger charge is -2.38. The van der Waals surface area contributed by atoms with Crippen LogP contribution in [0.15, 0.2) is 18.2 Å². The van der Waals surface area contributed by atoms with E-state index in [9.17, 15) is 30.0 Å². The molecule has 0 aliphatic carbocycles. The van der Waals surface area contributed by atoms with Gasteiger partial charge in [0, 0.05) is 5.92 Å². The van der Waals surface area contributed by atoms with Gasteiger partial charge in [0.1, 0.15) is 23.9 Å². The van der Waals surface area contributed by atoms with Crippen LogP contribution >= 0.6 is 0 Å². The molecule has 10 nitrogen and oxygen atoms in total. The summed E-state index contributed by atoms with van der Waals surface area (Å²) in [6, 6.07) is 4.79. The third-order valence-corrected chi connectivity index (χ3v) is 4.51. The summed E-state index contributed by atoms with van der Waals surface area (Å²) < 4.78 is 16.3. The zero-order valence-electron chi connectivity index (χ0n) is 17.3. The number of amides is 1. The number of rotatable bonds is 8. The Kier molecular flexibility index (Phi) is 8.16. The van der Waals surface area contributed by atoms with E-state index in [-0.39, 0.29) is 36.0 Å². The van der Waals surface area contributed by atoms with E-state index in [4.69, 9.17) is 14.2 Å². The summed E-state index contributed by atoms with van der Waals surface area (Å²) in [4.78, 5) is 23.8. The monoisotopic (exact) mass is 427 g/mol. The van der Waals surface area contributed by atoms with Crippen molar-refractivity contribution in [2.75, 3.05) is 5.32 Å². The van der Waals surface area contributed by atoms with Crippen LogP contribution in [0.3, 0.4) is 0 Å². The number of aliphatic hydroxyl groups is 3. The Labute approximate surface area is 174 Å². The van der Waals surface area contributed by atoms with Gasteiger partial charge in [-0.05, 0) is 31.5 Å². The normalized spacial score (nSPS) is 26.6. The fourth-order valence-corrected chi connectivity index (χ4v) is 2.74. The maximum Gasteiger partial charge on any atom is 0.315 e. The number of carbonyl (C=O) groups is 2. The molecule has 1 amide bonds. The average Bonchev–Trinajstić information content (AvgIpc) is 2.65. The van der Waals surface area contributed by atoms with Gasteiger partial charge in [-0.3, -0.25) is 9.59 Å². The molecule has 0 aromatic heterocycles. The van der Waals surface area contributed by atoms with Crippen molar-refractivity contribution in [3.05, 3.63) is 23.8 Å². The second-order valence-electron chi connectivity index (χ2n) is 7.69. The van der Waals surface area contributed by atoms with Crippen molar-refractivity contribution in [2.24, 2.45) is 11.8 Å². The zero-order valence-corrected chi connectivity index (χ0v) is 17.3. The fraction of sp³-hybridized carbons (Fsp3) is 0.600. The minimum atomic E-state index is -1.84. The largest absolute Gasteiger partial charge is 0.481 e. The molecule has 168 valence electrons. The molecule has 1 aromatic rings. The van der Waals surface area contributed by atoms with Gasteiger partial charge in [-0.1, -0.05) is 19.9 Å². The Hall–Kier alpha value is -2.24. The van der Waals surface area contributed by atoms with Crippen LogP contribution in [0.25, 0.3) is 0 Å². The van der Waals surface area contributed by atoms with E-state index < -0.39 is 36.7 Å². The smallest absolute Gasteiger partial charge is 0.315 e. The summed E-state index contributed by atoms with van der Waals surface area (Å²) in [5.74, 6) is -3.69. The predicted molar refractivity (Wildman–Crippen MR) is 104 cm³/mol. The van der Waals surface area contributed by atoms with Gasteiger partial charge in [0.15, 0.2) is 6.29 Å². The molecular weight excluding hydrogens is 398 g/mol. The summed E-state index contributed by atoms with van der Waals surface area (Å²) in [5, 5.41) is 41.6. The highest BCUT2D eigenvalue weighted by Gasteiger charge is 2.49. The van der Waals surface area contributed by atoms with Gasteiger partial charge in [-0.25, -0.2) is 0 Å². The molecule has 5 unspecified atom stereocenters. The van der Waals surface area contributed by atoms with Crippen molar-refractivity contribution in [1.29, 1.82) is 0 Å². The number of aliphatic carboxylic acids is 1. The molecule has 0 bridgehead atoms. The van der Waals surface area contributed by atoms with Crippen LogP contribution in [-0.2, 0) is 25.7 Å². The van der Waals surface area contributed by atoms with Crippen molar-refractivity contribution >= 4 is 17.6 Å². The Balaban J connectivity index is 2.33. The van der Waals surface area contributed by atoms with Crippen LogP contribution in [0.5, 0.6) is 5.75 Å². The number of carboxylic acids is 1. The summed E-state index contributed by atoms with van der Waals surface area (Å²) in [5.41, 5.74) is 0.992. The zero-order chi connectivity index (χ0) is 22.6. The molecule has 0 saturated carbocycles. The molecule has 5 atom stereocenters. The van der Waals surface area contributed by atoms with Crippen LogP contribution in [0, 0.1) is 11.8 Å². The minimum Gasteiger partial charge on any atom is -0.481 e. The number of nitrogens with one attached hydrogen (secondary N) is 1. The number of aliphatic hydroxyl groups excluding tert-OH is 3. The van der Waals surface area contributed by atoms with E-state index in [0.29, 0.717) is 0 Å². The van der Waals surface area contributed by atoms with Gasteiger partial charge in [-0.15, -0.1) is 0 Å². The SMILES string of the molecule is CC(C)OCc1ccc(OC2OC(O)C(O)C(O)C2C(=O)O)c(NC(=O)C(C)C)c1. The molecule has 5 N–H and O–H groups in total. The maximum absolute atomic E-state index is 12.2. The molecule has 1 aliphatic rings. The van der Waals surface area contributed by atoms with Crippen LogP contribution in [0.2, 0.25) is 0 Å². The number of ether oxygens (including phenoxy) is 3. The van der Waals surface area contributed by atoms with Gasteiger partial charge in [-0.2, -0.15) is 0 Å². The van der Waals surface area contributed by atoms with Crippen LogP contribution in [0.4, 0.5) is 5.69 Å². The molecule has 10 heteroatoms. The van der Waals surface area contributed by atoms with E-state index in [0.717, 1.165) is 5.56 Å². The summed E-state index contributed by atoms with van der Waals surface area (Å²) >= 11 is 0. The topological polar surface area (TPSA) is 155 Å². The Morgan fingerprint density at radius 1 is 1.13 bits per heavy atom. The number of benzene rings is 1. The first kappa shape index (κ1) is 24.0. The first-order valence-corrected chi connectivity index (χ1v) is 9.65. The lowest BCUT2D eigenvalue weighted by molar-refractivity contribution is -0.306. The Bertz CT molecular complexity index is 752. The van der Waals surface area contributed by atoms with Crippen LogP contribution < -0.4 is 10.1 Å². The Morgan fingerprint density at radius 3 is 2.37 bits per heavy atom. The highest BCUT2D eigenvalue weighted by molar-refractivity contribution is 5.93. The van der Waals surface area contributed by atoms with Crippen LogP contribution in [-0.4, -0.2) is 63.2 Å². The highest BCUT2D eigenvalue weighted by atomic mass is 16.7. The average molecular weight is 427 g/mol. The lowest BCUT2D eigenvalue weighted by Crippen LogP contribution is -2.58. The number of hydrogen-bond donors (Lipinski definition) is 5. The standard InChI is InChI=1S/C20H29NO9/c1-9(2)17(24)21-12-7-11(8-28-10(3)4)5-6-13(12)29-20-14(18(25)26)15(22)16(23)19(27)30-20/h5-7,9-10,14-16,19-20,22-23,27H,8H2,1-4H3,(H,21,24)(H,25,26). The first-order chi connectivity index (χ1) is 14.0. The molecule has 1 aromatic carbocycles. The molecule has 30 heavy (non-hydrogen) atoms. The number of carbonyl (C=O) groups excluding carboxylic acids is 1. The van der Waals surface area contributed by atoms with Gasteiger partial charge >= 0.3 is 5.97 Å². The number of hydrogen-bond acceptors (Lipinski definition) is 8. The number of carboxylic acid groups (broad SMARTS) is 1. The third-order valence-electron chi connectivity index (χ3n) is 4.51. The maximum atomic E-state index is 12.2. The molecule has 1 heterocycles. The molecule has 1 fully saturated rings. The van der Waals surface area contributed by atoms with Crippen molar-refractivity contribution in [3.63, 3.8) is 0 Å². The third kappa shape index (κ3) is 5.89. The van der Waals surface area contributed by atoms with Crippen molar-refractivity contribution in [2.45, 2.75) is 65.2 Å². The molecule has 1 saturated heterocycles. The van der Waals surface area contributed by atoms with E-state index in [1.54, 1.807) is 26.0 Å². The van der Waals surface area contributed by atoms with Gasteiger partial charge < -0.3 is 40.0 Å². The predicted octanol–water partition coefficient (Wildman–Crippen LogP) is 0.682. The van der Waals surface area contributed by atoms with Gasteiger partial charge in [0.2, 0.25) is 12.2 Å². The quantitative estimate of drug-likeness (QED) is 0.403. The number of anilines is 1. The van der Waals surface area contributed by atoms with Crippen molar-refractivity contribution in [3.8, 4) is 5.75 Å². The first-order valence-electron chi connectivity index (χ1n) is 9.65. The fourth-order valence-electron chi connectivity index (χ4n) is 2.74. The summed E-state index contributed by atoms with van der Waals surface area (Å²) in [6.45, 7) is 7.47. The summed E-state index contributed by atoms with van der Waals surface area (Å²) in [7, 11) is 0. The van der Waals surface area contributed by atoms with Gasteiger partial charge in [0.25, 0.3) is 0 Å². The second-order valence-corrected chi connectivity index (χ2v) is 7.69. The molecule has 0 radical (unpaired) electrons. The summed E-state index contributed by atoms with van der Waals surface area (Å²) in [6.07, 6.45) is -7.07. The van der Waals surface area contributed by atoms with E-state index >= 15 is 0 Å². The van der Waals surface area contributed by atoms with E-state index in [1.165, 1.54) is 6.07 Å². The van der Waals surface area contributed by atoms with Crippen molar-refractivity contribution in [1.82, 2.24) is 0 Å². The van der Waals surface area contributed by atoms with E-state index in [1.807, 2.05) is 13.8 Å². The molecule has 0 spiro atoms. The van der Waals surface area contributed by atoms with Crippen LogP contribution in [0.1, 0.15) is 33.3 Å². The molecule has 2 rings (SSSR count). The molecule has 1 aliphatic heterocycles. The van der Waals surface area contributed by atoms with E-state index in [2.05, 4.69) is 5.32 Å².